The number of hydrogen-bond acceptors (Lipinski definition) is 3. The number of benzene rings is 1. The molecular formula is C14H14F3N3. The van der Waals surface area contributed by atoms with Crippen LogP contribution in [0.1, 0.15) is 12.0 Å². The number of alkyl halides is 3. The van der Waals surface area contributed by atoms with Crippen LogP contribution in [0.4, 0.5) is 19.0 Å². The van der Waals surface area contributed by atoms with Crippen molar-refractivity contribution in [2.24, 2.45) is 5.73 Å². The lowest BCUT2D eigenvalue weighted by Gasteiger charge is -2.17. The van der Waals surface area contributed by atoms with E-state index >= 15 is 0 Å². The predicted octanol–water partition coefficient (Wildman–Crippen LogP) is 2.79. The molecule has 1 aromatic heterocycles. The number of halogens is 3. The molecule has 1 fully saturated rings. The van der Waals surface area contributed by atoms with Crippen LogP contribution >= 0.6 is 0 Å². The van der Waals surface area contributed by atoms with Crippen molar-refractivity contribution < 1.29 is 13.2 Å². The second kappa shape index (κ2) is 4.63. The Morgan fingerprint density at radius 2 is 1.95 bits per heavy atom. The van der Waals surface area contributed by atoms with E-state index in [4.69, 9.17) is 5.73 Å². The van der Waals surface area contributed by atoms with Crippen LogP contribution in [-0.4, -0.2) is 24.1 Å². The maximum absolute atomic E-state index is 12.7. The summed E-state index contributed by atoms with van der Waals surface area (Å²) in [5.74, 6) is 0.685. The molecule has 2 aromatic rings. The van der Waals surface area contributed by atoms with Crippen molar-refractivity contribution in [2.75, 3.05) is 18.0 Å². The molecule has 2 heterocycles. The van der Waals surface area contributed by atoms with Crippen molar-refractivity contribution in [1.29, 1.82) is 0 Å². The highest BCUT2D eigenvalue weighted by Gasteiger charge is 2.30. The fraction of sp³-hybridized carbons (Fsp3) is 0.357. The monoisotopic (exact) mass is 281 g/mol. The van der Waals surface area contributed by atoms with Gasteiger partial charge in [-0.05, 0) is 30.7 Å². The minimum Gasteiger partial charge on any atom is -0.355 e. The van der Waals surface area contributed by atoms with E-state index in [-0.39, 0.29) is 6.04 Å². The number of fused-ring (bicyclic) bond motifs is 1. The molecule has 0 spiro atoms. The van der Waals surface area contributed by atoms with Gasteiger partial charge in [-0.3, -0.25) is 0 Å². The molecule has 3 rings (SSSR count). The molecule has 1 aromatic carbocycles. The van der Waals surface area contributed by atoms with Crippen molar-refractivity contribution >= 4 is 16.7 Å². The summed E-state index contributed by atoms with van der Waals surface area (Å²) in [4.78, 5) is 6.34. The van der Waals surface area contributed by atoms with E-state index in [1.807, 2.05) is 11.0 Å². The topological polar surface area (TPSA) is 42.1 Å². The lowest BCUT2D eigenvalue weighted by Crippen LogP contribution is -2.26. The van der Waals surface area contributed by atoms with Crippen LogP contribution in [0.2, 0.25) is 0 Å². The van der Waals surface area contributed by atoms with E-state index < -0.39 is 11.7 Å². The van der Waals surface area contributed by atoms with E-state index in [9.17, 15) is 13.2 Å². The number of hydrogen-bond donors (Lipinski definition) is 1. The standard InChI is InChI=1S/C14H14F3N3/c15-14(16,17)10-3-1-9-2-4-13(19-12(9)7-10)20-6-5-11(18)8-20/h1-4,7,11H,5-6,8,18H2. The van der Waals surface area contributed by atoms with Crippen LogP contribution in [0.3, 0.4) is 0 Å². The molecule has 0 bridgehead atoms. The second-order valence-corrected chi connectivity index (χ2v) is 5.07. The maximum atomic E-state index is 12.7. The first-order valence-corrected chi connectivity index (χ1v) is 6.42. The van der Waals surface area contributed by atoms with Crippen molar-refractivity contribution in [3.8, 4) is 0 Å². The smallest absolute Gasteiger partial charge is 0.355 e. The Balaban J connectivity index is 2.01. The highest BCUT2D eigenvalue weighted by atomic mass is 19.4. The zero-order chi connectivity index (χ0) is 14.3. The molecule has 106 valence electrons. The molecular weight excluding hydrogens is 267 g/mol. The van der Waals surface area contributed by atoms with E-state index in [0.717, 1.165) is 25.1 Å². The van der Waals surface area contributed by atoms with Crippen LogP contribution in [0.15, 0.2) is 30.3 Å². The largest absolute Gasteiger partial charge is 0.416 e. The Hall–Kier alpha value is -1.82. The Morgan fingerprint density at radius 3 is 2.60 bits per heavy atom. The lowest BCUT2D eigenvalue weighted by molar-refractivity contribution is -0.137. The Bertz CT molecular complexity index is 639. The number of aromatic nitrogens is 1. The molecule has 1 aliphatic heterocycles. The molecule has 0 radical (unpaired) electrons. The van der Waals surface area contributed by atoms with Gasteiger partial charge in [0.1, 0.15) is 5.82 Å². The summed E-state index contributed by atoms with van der Waals surface area (Å²) in [5.41, 5.74) is 5.52. The molecule has 1 unspecified atom stereocenters. The van der Waals surface area contributed by atoms with Crippen LogP contribution in [0.25, 0.3) is 10.9 Å². The second-order valence-electron chi connectivity index (χ2n) is 5.07. The average molecular weight is 281 g/mol. The van der Waals surface area contributed by atoms with Gasteiger partial charge in [-0.2, -0.15) is 13.2 Å². The van der Waals surface area contributed by atoms with Gasteiger partial charge in [-0.1, -0.05) is 6.07 Å². The minimum absolute atomic E-state index is 0.106. The van der Waals surface area contributed by atoms with Gasteiger partial charge < -0.3 is 10.6 Å². The van der Waals surface area contributed by atoms with E-state index in [1.54, 1.807) is 6.07 Å². The van der Waals surface area contributed by atoms with Gasteiger partial charge in [0.15, 0.2) is 0 Å². The molecule has 20 heavy (non-hydrogen) atoms. The molecule has 1 atom stereocenters. The Labute approximate surface area is 114 Å². The molecule has 2 N–H and O–H groups in total. The van der Waals surface area contributed by atoms with Crippen LogP contribution in [0, 0.1) is 0 Å². The third-order valence-corrected chi connectivity index (χ3v) is 3.55. The highest BCUT2D eigenvalue weighted by molar-refractivity contribution is 5.81. The molecule has 0 amide bonds. The third kappa shape index (κ3) is 2.43. The lowest BCUT2D eigenvalue weighted by atomic mass is 10.1. The van der Waals surface area contributed by atoms with E-state index in [2.05, 4.69) is 4.98 Å². The Kier molecular flexibility index (Phi) is 3.05. The summed E-state index contributed by atoms with van der Waals surface area (Å²) in [6.45, 7) is 1.48. The summed E-state index contributed by atoms with van der Waals surface area (Å²) in [6.07, 6.45) is -3.47. The van der Waals surface area contributed by atoms with Gasteiger partial charge in [0, 0.05) is 24.5 Å². The zero-order valence-corrected chi connectivity index (χ0v) is 10.7. The summed E-state index contributed by atoms with van der Waals surface area (Å²) in [5, 5.41) is 0.699. The number of pyridine rings is 1. The van der Waals surface area contributed by atoms with Crippen LogP contribution < -0.4 is 10.6 Å². The molecule has 3 nitrogen and oxygen atoms in total. The first-order chi connectivity index (χ1) is 9.43. The number of anilines is 1. The highest BCUT2D eigenvalue weighted by Crippen LogP contribution is 2.31. The first-order valence-electron chi connectivity index (χ1n) is 6.42. The summed E-state index contributed by atoms with van der Waals surface area (Å²) in [6, 6.07) is 7.35. The Morgan fingerprint density at radius 1 is 1.20 bits per heavy atom. The van der Waals surface area contributed by atoms with E-state index in [0.29, 0.717) is 23.3 Å². The van der Waals surface area contributed by atoms with Crippen molar-refractivity contribution in [3.63, 3.8) is 0 Å². The number of rotatable bonds is 1. The fourth-order valence-electron chi connectivity index (χ4n) is 2.45. The SMILES string of the molecule is NC1CCN(c2ccc3ccc(C(F)(F)F)cc3n2)C1. The fourth-order valence-corrected chi connectivity index (χ4v) is 2.45. The van der Waals surface area contributed by atoms with Crippen molar-refractivity contribution in [2.45, 2.75) is 18.6 Å². The average Bonchev–Trinajstić information content (AvgIpc) is 2.83. The predicted molar refractivity (Wildman–Crippen MR) is 71.6 cm³/mol. The molecule has 0 saturated carbocycles. The van der Waals surface area contributed by atoms with Crippen LogP contribution in [-0.2, 0) is 6.18 Å². The van der Waals surface area contributed by atoms with Gasteiger partial charge in [0.25, 0.3) is 0 Å². The molecule has 1 aliphatic rings. The number of nitrogens with zero attached hydrogens (tertiary/aromatic N) is 2. The third-order valence-electron chi connectivity index (χ3n) is 3.55. The van der Waals surface area contributed by atoms with Gasteiger partial charge in [0.2, 0.25) is 0 Å². The van der Waals surface area contributed by atoms with E-state index in [1.165, 1.54) is 6.07 Å². The first kappa shape index (κ1) is 13.2. The molecule has 6 heteroatoms. The minimum atomic E-state index is -4.35. The van der Waals surface area contributed by atoms with Gasteiger partial charge in [-0.15, -0.1) is 0 Å². The molecule has 0 aliphatic carbocycles. The van der Waals surface area contributed by atoms with Gasteiger partial charge in [-0.25, -0.2) is 4.98 Å². The normalized spacial score (nSPS) is 19.8. The van der Waals surface area contributed by atoms with Crippen LogP contribution in [0.5, 0.6) is 0 Å². The summed E-state index contributed by atoms with van der Waals surface area (Å²) in [7, 11) is 0. The quantitative estimate of drug-likeness (QED) is 0.874. The zero-order valence-electron chi connectivity index (χ0n) is 10.7. The van der Waals surface area contributed by atoms with Gasteiger partial charge >= 0.3 is 6.18 Å². The van der Waals surface area contributed by atoms with Crippen molar-refractivity contribution in [3.05, 3.63) is 35.9 Å². The van der Waals surface area contributed by atoms with Gasteiger partial charge in [0.05, 0.1) is 11.1 Å². The molecule has 1 saturated heterocycles. The maximum Gasteiger partial charge on any atom is 0.416 e. The summed E-state index contributed by atoms with van der Waals surface area (Å²) < 4.78 is 38.1. The summed E-state index contributed by atoms with van der Waals surface area (Å²) >= 11 is 0. The van der Waals surface area contributed by atoms with Crippen molar-refractivity contribution in [1.82, 2.24) is 4.98 Å². The number of nitrogens with two attached hydrogens (primary N) is 1.